The highest BCUT2D eigenvalue weighted by atomic mass is 19.2. The van der Waals surface area contributed by atoms with Crippen LogP contribution >= 0.6 is 0 Å². The quantitative estimate of drug-likeness (QED) is 0.649. The summed E-state index contributed by atoms with van der Waals surface area (Å²) in [4.78, 5) is 0. The van der Waals surface area contributed by atoms with E-state index in [1.54, 1.807) is 0 Å². The number of hydrogen-bond donors (Lipinski definition) is 0. The van der Waals surface area contributed by atoms with Gasteiger partial charge in [0.05, 0.1) is 0 Å². The largest absolute Gasteiger partial charge is 0.375 e. The minimum atomic E-state index is -2.20. The molecule has 6 heteroatoms. The third-order valence-corrected chi connectivity index (χ3v) is 2.41. The molecule has 0 saturated heterocycles. The fourth-order valence-electron chi connectivity index (χ4n) is 1.60. The average Bonchev–Trinajstić information content (AvgIpc) is 2.17. The number of alkyl halides is 4. The second-order valence-corrected chi connectivity index (χ2v) is 3.18. The van der Waals surface area contributed by atoms with E-state index in [9.17, 15) is 17.6 Å². The van der Waals surface area contributed by atoms with Crippen LogP contribution in [0.4, 0.5) is 17.6 Å². The molecular weight excluding hydrogens is 204 g/mol. The highest BCUT2D eigenvalue weighted by Gasteiger charge is 2.53. The SMILES string of the molecule is COC1C(F)C(F)C(OC)C(F)C1F. The first-order chi connectivity index (χ1) is 6.54. The number of methoxy groups -OCH3 is 2. The maximum absolute atomic E-state index is 13.1. The van der Waals surface area contributed by atoms with Gasteiger partial charge in [0, 0.05) is 14.2 Å². The van der Waals surface area contributed by atoms with Crippen LogP contribution in [0.3, 0.4) is 0 Å². The third kappa shape index (κ3) is 1.72. The molecule has 1 aliphatic carbocycles. The molecule has 0 spiro atoms. The van der Waals surface area contributed by atoms with Crippen LogP contribution in [-0.4, -0.2) is 51.1 Å². The van der Waals surface area contributed by atoms with Crippen LogP contribution in [0, 0.1) is 0 Å². The molecule has 0 N–H and O–H groups in total. The van der Waals surface area contributed by atoms with Gasteiger partial charge in [-0.25, -0.2) is 17.6 Å². The Hall–Kier alpha value is -0.360. The molecule has 0 aliphatic heterocycles. The molecule has 1 rings (SSSR count). The average molecular weight is 216 g/mol. The van der Waals surface area contributed by atoms with Crippen molar-refractivity contribution in [2.24, 2.45) is 0 Å². The maximum Gasteiger partial charge on any atom is 0.163 e. The Kier molecular flexibility index (Phi) is 3.71. The zero-order valence-electron chi connectivity index (χ0n) is 7.79. The van der Waals surface area contributed by atoms with Gasteiger partial charge in [0.1, 0.15) is 12.2 Å². The van der Waals surface area contributed by atoms with Crippen molar-refractivity contribution in [2.75, 3.05) is 14.2 Å². The van der Waals surface area contributed by atoms with E-state index in [0.717, 1.165) is 14.2 Å². The summed E-state index contributed by atoms with van der Waals surface area (Å²) < 4.78 is 61.2. The number of hydrogen-bond acceptors (Lipinski definition) is 2. The van der Waals surface area contributed by atoms with Crippen molar-refractivity contribution >= 4 is 0 Å². The second-order valence-electron chi connectivity index (χ2n) is 3.18. The summed E-state index contributed by atoms with van der Waals surface area (Å²) in [5.74, 6) is 0. The molecule has 0 radical (unpaired) electrons. The summed E-state index contributed by atoms with van der Waals surface area (Å²) in [5.41, 5.74) is 0. The summed E-state index contributed by atoms with van der Waals surface area (Å²) in [6.45, 7) is 0. The molecule has 1 aliphatic rings. The van der Waals surface area contributed by atoms with Gasteiger partial charge in [-0.05, 0) is 0 Å². The summed E-state index contributed by atoms with van der Waals surface area (Å²) in [5, 5.41) is 0. The predicted molar refractivity (Wildman–Crippen MR) is 41.2 cm³/mol. The first kappa shape index (κ1) is 11.7. The summed E-state index contributed by atoms with van der Waals surface area (Å²) in [6.07, 6.45) is -12.2. The number of halogens is 4. The van der Waals surface area contributed by atoms with Crippen molar-refractivity contribution in [1.82, 2.24) is 0 Å². The first-order valence-electron chi connectivity index (χ1n) is 4.16. The van der Waals surface area contributed by atoms with E-state index >= 15 is 0 Å². The molecule has 0 aromatic carbocycles. The summed E-state index contributed by atoms with van der Waals surface area (Å²) in [7, 11) is 2.02. The molecule has 2 nitrogen and oxygen atoms in total. The molecule has 84 valence electrons. The Morgan fingerprint density at radius 2 is 0.857 bits per heavy atom. The monoisotopic (exact) mass is 216 g/mol. The molecule has 0 heterocycles. The van der Waals surface area contributed by atoms with Gasteiger partial charge in [0.15, 0.2) is 24.7 Å². The Bertz CT molecular complexity index is 156. The Labute approximate surface area is 79.2 Å². The molecule has 0 amide bonds. The van der Waals surface area contributed by atoms with Crippen LogP contribution < -0.4 is 0 Å². The summed E-state index contributed by atoms with van der Waals surface area (Å²) >= 11 is 0. The van der Waals surface area contributed by atoms with Gasteiger partial charge >= 0.3 is 0 Å². The molecule has 1 saturated carbocycles. The van der Waals surface area contributed by atoms with Crippen molar-refractivity contribution < 1.29 is 27.0 Å². The Balaban J connectivity index is 2.81. The predicted octanol–water partition coefficient (Wildman–Crippen LogP) is 1.38. The van der Waals surface area contributed by atoms with Gasteiger partial charge in [-0.1, -0.05) is 0 Å². The molecular formula is C8H12F4O2. The van der Waals surface area contributed by atoms with Gasteiger partial charge in [-0.15, -0.1) is 0 Å². The van der Waals surface area contributed by atoms with E-state index in [4.69, 9.17) is 0 Å². The lowest BCUT2D eigenvalue weighted by Gasteiger charge is -2.37. The minimum absolute atomic E-state index is 1.01. The Morgan fingerprint density at radius 1 is 0.643 bits per heavy atom. The first-order valence-corrected chi connectivity index (χ1v) is 4.16. The van der Waals surface area contributed by atoms with Crippen LogP contribution in [0.1, 0.15) is 0 Å². The lowest BCUT2D eigenvalue weighted by molar-refractivity contribution is -0.165. The topological polar surface area (TPSA) is 18.5 Å². The van der Waals surface area contributed by atoms with Crippen molar-refractivity contribution in [3.8, 4) is 0 Å². The smallest absolute Gasteiger partial charge is 0.163 e. The molecule has 14 heavy (non-hydrogen) atoms. The van der Waals surface area contributed by atoms with E-state index in [1.807, 2.05) is 0 Å². The van der Waals surface area contributed by atoms with Gasteiger partial charge in [-0.3, -0.25) is 0 Å². The third-order valence-electron chi connectivity index (χ3n) is 2.41. The van der Waals surface area contributed by atoms with Gasteiger partial charge < -0.3 is 9.47 Å². The van der Waals surface area contributed by atoms with Crippen LogP contribution in [-0.2, 0) is 9.47 Å². The zero-order chi connectivity index (χ0) is 10.9. The van der Waals surface area contributed by atoms with Crippen LogP contribution in [0.15, 0.2) is 0 Å². The highest BCUT2D eigenvalue weighted by Crippen LogP contribution is 2.32. The molecule has 0 aromatic rings. The van der Waals surface area contributed by atoms with E-state index in [-0.39, 0.29) is 0 Å². The normalized spacial score (nSPS) is 49.3. The zero-order valence-corrected chi connectivity index (χ0v) is 7.79. The minimum Gasteiger partial charge on any atom is -0.375 e. The van der Waals surface area contributed by atoms with E-state index in [1.165, 1.54) is 0 Å². The van der Waals surface area contributed by atoms with E-state index in [2.05, 4.69) is 9.47 Å². The van der Waals surface area contributed by atoms with E-state index < -0.39 is 36.9 Å². The lowest BCUT2D eigenvalue weighted by Crippen LogP contribution is -2.59. The van der Waals surface area contributed by atoms with Crippen LogP contribution in [0.25, 0.3) is 0 Å². The second kappa shape index (κ2) is 4.44. The molecule has 1 fully saturated rings. The van der Waals surface area contributed by atoms with Crippen LogP contribution in [0.2, 0.25) is 0 Å². The van der Waals surface area contributed by atoms with Gasteiger partial charge in [-0.2, -0.15) is 0 Å². The van der Waals surface area contributed by atoms with Gasteiger partial charge in [0.2, 0.25) is 0 Å². The van der Waals surface area contributed by atoms with E-state index in [0.29, 0.717) is 0 Å². The molecule has 0 aromatic heterocycles. The van der Waals surface area contributed by atoms with Gasteiger partial charge in [0.25, 0.3) is 0 Å². The standard InChI is InChI=1S/C8H12F4O2/c1-13-7-3(9)5(11)8(14-2)6(12)4(7)10/h3-8H,1-2H3. The van der Waals surface area contributed by atoms with Crippen molar-refractivity contribution in [3.05, 3.63) is 0 Å². The van der Waals surface area contributed by atoms with Crippen molar-refractivity contribution in [1.29, 1.82) is 0 Å². The molecule has 4 unspecified atom stereocenters. The number of rotatable bonds is 2. The highest BCUT2D eigenvalue weighted by molar-refractivity contribution is 5.00. The fraction of sp³-hybridized carbons (Fsp3) is 1.00. The Morgan fingerprint density at radius 3 is 1.00 bits per heavy atom. The van der Waals surface area contributed by atoms with Crippen molar-refractivity contribution in [3.63, 3.8) is 0 Å². The van der Waals surface area contributed by atoms with Crippen molar-refractivity contribution in [2.45, 2.75) is 36.9 Å². The molecule has 4 atom stereocenters. The maximum atomic E-state index is 13.1. The van der Waals surface area contributed by atoms with Crippen LogP contribution in [0.5, 0.6) is 0 Å². The number of ether oxygens (including phenoxy) is 2. The summed E-state index contributed by atoms with van der Waals surface area (Å²) in [6, 6.07) is 0. The molecule has 0 bridgehead atoms. The fourth-order valence-corrected chi connectivity index (χ4v) is 1.60. The lowest BCUT2D eigenvalue weighted by atomic mass is 9.88.